The van der Waals surface area contributed by atoms with Crippen LogP contribution < -0.4 is 4.90 Å². The van der Waals surface area contributed by atoms with Crippen molar-refractivity contribution in [1.82, 2.24) is 9.88 Å². The normalized spacial score (nSPS) is 14.1. The van der Waals surface area contributed by atoms with Crippen molar-refractivity contribution < 1.29 is 14.3 Å². The predicted octanol–water partition coefficient (Wildman–Crippen LogP) is 5.11. The number of H-pyrrole nitrogens is 1. The van der Waals surface area contributed by atoms with Crippen LogP contribution in [0.4, 0.5) is 10.5 Å². The van der Waals surface area contributed by atoms with Crippen molar-refractivity contribution in [2.24, 2.45) is 0 Å². The van der Waals surface area contributed by atoms with Crippen LogP contribution >= 0.6 is 11.6 Å². The van der Waals surface area contributed by atoms with E-state index >= 15 is 0 Å². The maximum absolute atomic E-state index is 13.4. The summed E-state index contributed by atoms with van der Waals surface area (Å²) in [7, 11) is 0. The number of ether oxygens (including phenoxy) is 1. The van der Waals surface area contributed by atoms with Gasteiger partial charge in [-0.1, -0.05) is 41.9 Å². The zero-order valence-corrected chi connectivity index (χ0v) is 18.3. The van der Waals surface area contributed by atoms with Crippen LogP contribution in [0.15, 0.2) is 48.5 Å². The Bertz CT molecular complexity index is 1070. The number of halogens is 1. The van der Waals surface area contributed by atoms with Gasteiger partial charge in [-0.05, 0) is 51.1 Å². The zero-order chi connectivity index (χ0) is 21.8. The minimum atomic E-state index is -0.468. The Kier molecular flexibility index (Phi) is 6.59. The van der Waals surface area contributed by atoms with Gasteiger partial charge in [-0.3, -0.25) is 9.69 Å². The van der Waals surface area contributed by atoms with Crippen LogP contribution in [0.2, 0.25) is 5.02 Å². The summed E-state index contributed by atoms with van der Waals surface area (Å²) in [6, 6.07) is 14.4. The molecule has 0 radical (unpaired) electrons. The second kappa shape index (κ2) is 9.54. The third-order valence-electron chi connectivity index (χ3n) is 5.59. The van der Waals surface area contributed by atoms with Gasteiger partial charge in [0.25, 0.3) is 0 Å². The van der Waals surface area contributed by atoms with E-state index in [0.29, 0.717) is 35.1 Å². The van der Waals surface area contributed by atoms with Crippen LogP contribution in [0.25, 0.3) is 10.9 Å². The van der Waals surface area contributed by atoms with Crippen LogP contribution in [-0.4, -0.2) is 54.5 Å². The molecule has 2 aromatic carbocycles. The van der Waals surface area contributed by atoms with E-state index in [4.69, 9.17) is 16.3 Å². The van der Waals surface area contributed by atoms with Crippen molar-refractivity contribution in [2.45, 2.75) is 19.8 Å². The van der Waals surface area contributed by atoms with E-state index in [-0.39, 0.29) is 12.4 Å². The molecule has 1 aliphatic heterocycles. The molecule has 0 aliphatic carbocycles. The van der Waals surface area contributed by atoms with E-state index in [1.54, 1.807) is 36.1 Å². The van der Waals surface area contributed by atoms with E-state index < -0.39 is 6.09 Å². The lowest BCUT2D eigenvalue weighted by Gasteiger charge is -2.25. The molecule has 0 unspecified atom stereocenters. The van der Waals surface area contributed by atoms with Gasteiger partial charge in [0.1, 0.15) is 5.69 Å². The molecule has 0 atom stereocenters. The lowest BCUT2D eigenvalue weighted by atomic mass is 10.1. The van der Waals surface area contributed by atoms with Gasteiger partial charge in [0.15, 0.2) is 0 Å². The summed E-state index contributed by atoms with van der Waals surface area (Å²) in [4.78, 5) is 33.6. The largest absolute Gasteiger partial charge is 0.449 e. The first-order valence-corrected chi connectivity index (χ1v) is 11.0. The average Bonchev–Trinajstić information content (AvgIpc) is 3.42. The van der Waals surface area contributed by atoms with E-state index in [0.717, 1.165) is 24.0 Å². The molecule has 1 aliphatic rings. The Morgan fingerprint density at radius 2 is 1.87 bits per heavy atom. The van der Waals surface area contributed by atoms with Crippen LogP contribution in [0.1, 0.15) is 35.8 Å². The highest BCUT2D eigenvalue weighted by atomic mass is 35.5. The number of anilines is 1. The molecule has 0 saturated carbocycles. The maximum Gasteiger partial charge on any atom is 0.414 e. The minimum absolute atomic E-state index is 0.182. The predicted molar refractivity (Wildman–Crippen MR) is 123 cm³/mol. The summed E-state index contributed by atoms with van der Waals surface area (Å²) < 4.78 is 5.37. The molecule has 1 fully saturated rings. The van der Waals surface area contributed by atoms with Crippen molar-refractivity contribution in [2.75, 3.05) is 37.7 Å². The monoisotopic (exact) mass is 439 g/mol. The van der Waals surface area contributed by atoms with E-state index in [2.05, 4.69) is 9.88 Å². The number of aromatic amines is 1. The van der Waals surface area contributed by atoms with Crippen LogP contribution in [0.5, 0.6) is 0 Å². The maximum atomic E-state index is 13.4. The summed E-state index contributed by atoms with van der Waals surface area (Å²) >= 11 is 6.28. The highest BCUT2D eigenvalue weighted by molar-refractivity contribution is 6.32. The second-order valence-electron chi connectivity index (χ2n) is 7.63. The molecule has 162 valence electrons. The zero-order valence-electron chi connectivity index (χ0n) is 17.6. The second-order valence-corrected chi connectivity index (χ2v) is 8.07. The number of hydrogen-bond donors (Lipinski definition) is 1. The molecule has 3 aromatic rings. The Labute approximate surface area is 186 Å². The Morgan fingerprint density at radius 1 is 1.13 bits per heavy atom. The van der Waals surface area contributed by atoms with Gasteiger partial charge in [-0.25, -0.2) is 4.79 Å². The van der Waals surface area contributed by atoms with Crippen molar-refractivity contribution in [3.05, 3.63) is 64.8 Å². The van der Waals surface area contributed by atoms with E-state index in [1.165, 1.54) is 12.8 Å². The first kappa shape index (κ1) is 21.4. The smallest absolute Gasteiger partial charge is 0.414 e. The molecule has 0 bridgehead atoms. The van der Waals surface area contributed by atoms with Gasteiger partial charge in [-0.15, -0.1) is 0 Å². The molecule has 6 nitrogen and oxygen atoms in total. The van der Waals surface area contributed by atoms with Crippen molar-refractivity contribution in [3.63, 3.8) is 0 Å². The van der Waals surface area contributed by atoms with Gasteiger partial charge < -0.3 is 14.6 Å². The van der Waals surface area contributed by atoms with E-state index in [9.17, 15) is 9.59 Å². The highest BCUT2D eigenvalue weighted by Crippen LogP contribution is 2.35. The average molecular weight is 440 g/mol. The highest BCUT2D eigenvalue weighted by Gasteiger charge is 2.29. The number of amides is 1. The first-order chi connectivity index (χ1) is 15.1. The number of benzene rings is 2. The molecule has 4 rings (SSSR count). The Morgan fingerprint density at radius 3 is 2.58 bits per heavy atom. The lowest BCUT2D eigenvalue weighted by molar-refractivity contribution is 0.103. The molecular weight excluding hydrogens is 414 g/mol. The number of ketones is 1. The fourth-order valence-electron chi connectivity index (χ4n) is 4.07. The molecule has 1 saturated heterocycles. The van der Waals surface area contributed by atoms with E-state index in [1.807, 2.05) is 24.3 Å². The fraction of sp³-hybridized carbons (Fsp3) is 0.333. The van der Waals surface area contributed by atoms with Gasteiger partial charge in [0.2, 0.25) is 5.78 Å². The number of hydrogen-bond acceptors (Lipinski definition) is 4. The number of carbonyl (C=O) groups is 2. The number of carbonyl (C=O) groups excluding carboxylic acids is 2. The summed E-state index contributed by atoms with van der Waals surface area (Å²) in [6.07, 6.45) is 1.87. The molecule has 2 heterocycles. The first-order valence-electron chi connectivity index (χ1n) is 10.7. The fourth-order valence-corrected chi connectivity index (χ4v) is 4.24. The number of rotatable bonds is 7. The number of fused-ring (bicyclic) bond motifs is 1. The summed E-state index contributed by atoms with van der Waals surface area (Å²) in [5.41, 5.74) is 2.17. The molecule has 1 N–H and O–H groups in total. The van der Waals surface area contributed by atoms with Crippen molar-refractivity contribution in [1.29, 1.82) is 0 Å². The summed E-state index contributed by atoms with van der Waals surface area (Å²) in [5, 5.41) is 1.26. The SMILES string of the molecule is CCOC(=O)N(CCN1CCCC1)c1c(C(=O)c2ccccc2)[nH]c2ccc(Cl)cc12. The standard InChI is InChI=1S/C24H26ClN3O3/c1-2-31-24(30)28(15-14-27-12-6-7-13-27)22-19-16-18(25)10-11-20(19)26-21(22)23(29)17-8-4-3-5-9-17/h3-5,8-11,16,26H,2,6-7,12-15H2,1H3. The number of likely N-dealkylation sites (tertiary alicyclic amines) is 1. The van der Waals surface area contributed by atoms with Crippen LogP contribution in [-0.2, 0) is 4.74 Å². The molecule has 1 amide bonds. The number of nitrogens with one attached hydrogen (secondary N) is 1. The van der Waals surface area contributed by atoms with Crippen LogP contribution in [0.3, 0.4) is 0 Å². The topological polar surface area (TPSA) is 65.6 Å². The molecule has 1 aromatic heterocycles. The van der Waals surface area contributed by atoms with Crippen molar-refractivity contribution >= 4 is 40.1 Å². The minimum Gasteiger partial charge on any atom is -0.449 e. The molecule has 7 heteroatoms. The van der Waals surface area contributed by atoms with Gasteiger partial charge >= 0.3 is 6.09 Å². The van der Waals surface area contributed by atoms with Gasteiger partial charge in [0, 0.05) is 34.6 Å². The third-order valence-corrected chi connectivity index (χ3v) is 5.83. The molecular formula is C24H26ClN3O3. The quantitative estimate of drug-likeness (QED) is 0.519. The Balaban J connectivity index is 1.81. The van der Waals surface area contributed by atoms with Gasteiger partial charge in [-0.2, -0.15) is 0 Å². The van der Waals surface area contributed by atoms with Crippen molar-refractivity contribution in [3.8, 4) is 0 Å². The molecule has 0 spiro atoms. The third kappa shape index (κ3) is 4.60. The van der Waals surface area contributed by atoms with Gasteiger partial charge in [0.05, 0.1) is 12.3 Å². The lowest BCUT2D eigenvalue weighted by Crippen LogP contribution is -2.39. The summed E-state index contributed by atoms with van der Waals surface area (Å²) in [6.45, 7) is 5.21. The van der Waals surface area contributed by atoms with Crippen LogP contribution in [0, 0.1) is 0 Å². The number of aromatic nitrogens is 1. The summed E-state index contributed by atoms with van der Waals surface area (Å²) in [5.74, 6) is -0.182. The number of nitrogens with zero attached hydrogens (tertiary/aromatic N) is 2. The Hall–Kier alpha value is -2.83. The molecule has 31 heavy (non-hydrogen) atoms.